The predicted octanol–water partition coefficient (Wildman–Crippen LogP) is 2.84. The molecule has 2 heterocycles. The highest BCUT2D eigenvalue weighted by atomic mass is 32.1. The van der Waals surface area contributed by atoms with Crippen LogP contribution in [0.15, 0.2) is 36.4 Å². The van der Waals surface area contributed by atoms with Crippen LogP contribution >= 0.6 is 11.3 Å². The summed E-state index contributed by atoms with van der Waals surface area (Å²) in [6.45, 7) is 5.73. The lowest BCUT2D eigenvalue weighted by Crippen LogP contribution is -2.51. The second-order valence-electron chi connectivity index (χ2n) is 6.59. The number of piperazine rings is 1. The lowest BCUT2D eigenvalue weighted by atomic mass is 10.2. The second-order valence-corrected chi connectivity index (χ2v) is 7.67. The Bertz CT molecular complexity index is 783. The molecule has 0 saturated carbocycles. The molecular weight excluding hydrogens is 365 g/mol. The Morgan fingerprint density at radius 1 is 1.07 bits per heavy atom. The van der Waals surface area contributed by atoms with Crippen LogP contribution in [0, 0.1) is 5.82 Å². The maximum atomic E-state index is 13.1. The van der Waals surface area contributed by atoms with Crippen LogP contribution in [0.25, 0.3) is 10.4 Å². The van der Waals surface area contributed by atoms with Gasteiger partial charge in [-0.1, -0.05) is 19.1 Å². The molecule has 0 aliphatic carbocycles. The van der Waals surface area contributed by atoms with Crippen LogP contribution in [-0.4, -0.2) is 60.9 Å². The Balaban J connectivity index is 1.54. The summed E-state index contributed by atoms with van der Waals surface area (Å²) in [4.78, 5) is 30.1. The molecule has 0 radical (unpaired) electrons. The van der Waals surface area contributed by atoms with Crippen molar-refractivity contribution in [2.45, 2.75) is 13.3 Å². The number of hydrogen-bond donors (Lipinski definition) is 1. The predicted molar refractivity (Wildman–Crippen MR) is 105 cm³/mol. The van der Waals surface area contributed by atoms with Crippen LogP contribution in [0.3, 0.4) is 0 Å². The van der Waals surface area contributed by atoms with E-state index in [1.807, 2.05) is 24.0 Å². The quantitative estimate of drug-likeness (QED) is 0.827. The van der Waals surface area contributed by atoms with Crippen molar-refractivity contribution >= 4 is 23.2 Å². The molecule has 0 spiro atoms. The van der Waals surface area contributed by atoms with E-state index in [1.54, 1.807) is 12.1 Å². The summed E-state index contributed by atoms with van der Waals surface area (Å²) in [6, 6.07) is 10.0. The van der Waals surface area contributed by atoms with Crippen LogP contribution in [-0.2, 0) is 4.79 Å². The van der Waals surface area contributed by atoms with Gasteiger partial charge < -0.3 is 10.2 Å². The zero-order valence-electron chi connectivity index (χ0n) is 15.4. The first kappa shape index (κ1) is 19.5. The monoisotopic (exact) mass is 389 g/mol. The minimum Gasteiger partial charge on any atom is -0.355 e. The molecule has 0 atom stereocenters. The molecule has 1 N–H and O–H groups in total. The molecule has 0 unspecified atom stereocenters. The number of nitrogens with zero attached hydrogens (tertiary/aromatic N) is 2. The summed E-state index contributed by atoms with van der Waals surface area (Å²) >= 11 is 1.42. The van der Waals surface area contributed by atoms with Gasteiger partial charge in [-0.05, 0) is 36.2 Å². The van der Waals surface area contributed by atoms with Gasteiger partial charge in [-0.3, -0.25) is 14.5 Å². The van der Waals surface area contributed by atoms with Crippen molar-refractivity contribution in [2.75, 3.05) is 39.3 Å². The molecule has 1 aliphatic rings. The zero-order valence-corrected chi connectivity index (χ0v) is 16.2. The number of benzene rings is 1. The van der Waals surface area contributed by atoms with E-state index in [9.17, 15) is 14.0 Å². The molecule has 1 aliphatic heterocycles. The molecular formula is C20H24FN3O2S. The maximum absolute atomic E-state index is 13.1. The van der Waals surface area contributed by atoms with Gasteiger partial charge >= 0.3 is 0 Å². The fourth-order valence-corrected chi connectivity index (χ4v) is 3.99. The first-order valence-electron chi connectivity index (χ1n) is 9.21. The third-order valence-corrected chi connectivity index (χ3v) is 5.67. The van der Waals surface area contributed by atoms with Crippen molar-refractivity contribution in [3.05, 3.63) is 47.1 Å². The number of nitrogens with one attached hydrogen (secondary N) is 1. The number of carbonyl (C=O) groups is 2. The third kappa shape index (κ3) is 5.14. The van der Waals surface area contributed by atoms with Gasteiger partial charge in [0.05, 0.1) is 11.4 Å². The van der Waals surface area contributed by atoms with Gasteiger partial charge in [-0.15, -0.1) is 11.3 Å². The van der Waals surface area contributed by atoms with Crippen molar-refractivity contribution in [1.82, 2.24) is 15.1 Å². The first-order chi connectivity index (χ1) is 13.1. The molecule has 27 heavy (non-hydrogen) atoms. The molecule has 0 bridgehead atoms. The highest BCUT2D eigenvalue weighted by molar-refractivity contribution is 7.17. The number of hydrogen-bond acceptors (Lipinski definition) is 4. The van der Waals surface area contributed by atoms with Crippen LogP contribution < -0.4 is 5.32 Å². The van der Waals surface area contributed by atoms with Crippen LogP contribution in [0.4, 0.5) is 4.39 Å². The molecule has 1 saturated heterocycles. The summed E-state index contributed by atoms with van der Waals surface area (Å²) in [6.07, 6.45) is 0.925. The highest BCUT2D eigenvalue weighted by Gasteiger charge is 2.24. The molecule has 2 amide bonds. The molecule has 144 valence electrons. The number of halogens is 1. The standard InChI is InChI=1S/C20H24FN3O2S/c1-2-9-22-19(25)14-23-10-12-24(13-11-23)20(26)18-8-7-17(27-18)15-3-5-16(21)6-4-15/h3-8H,2,9-14H2,1H3,(H,22,25). The van der Waals surface area contributed by atoms with Crippen molar-refractivity contribution in [3.63, 3.8) is 0 Å². The number of amides is 2. The SMILES string of the molecule is CCCNC(=O)CN1CCN(C(=O)c2ccc(-c3ccc(F)cc3)s2)CC1. The van der Waals surface area contributed by atoms with E-state index in [4.69, 9.17) is 0 Å². The Labute approximate surface area is 162 Å². The topological polar surface area (TPSA) is 52.7 Å². The van der Waals surface area contributed by atoms with Crippen molar-refractivity contribution < 1.29 is 14.0 Å². The highest BCUT2D eigenvalue weighted by Crippen LogP contribution is 2.29. The molecule has 3 rings (SSSR count). The Morgan fingerprint density at radius 2 is 1.78 bits per heavy atom. The van der Waals surface area contributed by atoms with Gasteiger partial charge in [-0.25, -0.2) is 4.39 Å². The smallest absolute Gasteiger partial charge is 0.264 e. The van der Waals surface area contributed by atoms with Gasteiger partial charge in [0.25, 0.3) is 5.91 Å². The van der Waals surface area contributed by atoms with E-state index in [1.165, 1.54) is 23.5 Å². The molecule has 2 aromatic rings. The van der Waals surface area contributed by atoms with E-state index in [0.717, 1.165) is 16.9 Å². The molecule has 1 aromatic carbocycles. The van der Waals surface area contributed by atoms with E-state index >= 15 is 0 Å². The van der Waals surface area contributed by atoms with E-state index in [0.29, 0.717) is 44.1 Å². The van der Waals surface area contributed by atoms with Gasteiger partial charge in [0.1, 0.15) is 5.82 Å². The first-order valence-corrected chi connectivity index (χ1v) is 10.0. The summed E-state index contributed by atoms with van der Waals surface area (Å²) in [5, 5.41) is 2.88. The third-order valence-electron chi connectivity index (χ3n) is 4.54. The van der Waals surface area contributed by atoms with Crippen molar-refractivity contribution in [3.8, 4) is 10.4 Å². The second kappa shape index (κ2) is 9.10. The summed E-state index contributed by atoms with van der Waals surface area (Å²) in [5.74, 6) is -0.213. The van der Waals surface area contributed by atoms with E-state index in [-0.39, 0.29) is 17.6 Å². The summed E-state index contributed by atoms with van der Waals surface area (Å²) in [7, 11) is 0. The molecule has 1 aromatic heterocycles. The van der Waals surface area contributed by atoms with Crippen molar-refractivity contribution in [1.29, 1.82) is 0 Å². The zero-order chi connectivity index (χ0) is 19.2. The maximum Gasteiger partial charge on any atom is 0.264 e. The fraction of sp³-hybridized carbons (Fsp3) is 0.400. The number of thiophene rings is 1. The number of carbonyl (C=O) groups excluding carboxylic acids is 2. The molecule has 5 nitrogen and oxygen atoms in total. The van der Waals surface area contributed by atoms with Gasteiger partial charge in [0.2, 0.25) is 5.91 Å². The average Bonchev–Trinajstić information content (AvgIpc) is 3.17. The molecule has 1 fully saturated rings. The minimum atomic E-state index is -0.271. The Morgan fingerprint density at radius 3 is 2.44 bits per heavy atom. The van der Waals surface area contributed by atoms with Crippen molar-refractivity contribution in [2.24, 2.45) is 0 Å². The minimum absolute atomic E-state index is 0.0171. The normalized spacial score (nSPS) is 15.0. The van der Waals surface area contributed by atoms with Crippen LogP contribution in [0.5, 0.6) is 0 Å². The summed E-state index contributed by atoms with van der Waals surface area (Å²) in [5.41, 5.74) is 0.906. The van der Waals surface area contributed by atoms with Gasteiger partial charge in [-0.2, -0.15) is 0 Å². The Kier molecular flexibility index (Phi) is 6.58. The Hall–Kier alpha value is -2.25. The largest absolute Gasteiger partial charge is 0.355 e. The van der Waals surface area contributed by atoms with Gasteiger partial charge in [0, 0.05) is 37.6 Å². The fourth-order valence-electron chi connectivity index (χ4n) is 3.01. The average molecular weight is 389 g/mol. The molecule has 7 heteroatoms. The number of rotatable bonds is 6. The van der Waals surface area contributed by atoms with E-state index in [2.05, 4.69) is 10.2 Å². The lowest BCUT2D eigenvalue weighted by molar-refractivity contribution is -0.122. The lowest BCUT2D eigenvalue weighted by Gasteiger charge is -2.34. The van der Waals surface area contributed by atoms with Crippen LogP contribution in [0.2, 0.25) is 0 Å². The summed E-state index contributed by atoms with van der Waals surface area (Å²) < 4.78 is 13.1. The van der Waals surface area contributed by atoms with E-state index < -0.39 is 0 Å². The van der Waals surface area contributed by atoms with Gasteiger partial charge in [0.15, 0.2) is 0 Å². The van der Waals surface area contributed by atoms with Crippen LogP contribution in [0.1, 0.15) is 23.0 Å².